The molecule has 1 heterocycles. The SMILES string of the molecule is N#CCC[NH+]1CCN(S(=O)(=O)c2ccc(C3CCCCC3)cc2)CC1. The highest BCUT2D eigenvalue weighted by molar-refractivity contribution is 7.89. The molecule has 0 atom stereocenters. The van der Waals surface area contributed by atoms with E-state index in [1.54, 1.807) is 16.4 Å². The number of hydrogen-bond acceptors (Lipinski definition) is 3. The Labute approximate surface area is 151 Å². The molecule has 1 saturated carbocycles. The van der Waals surface area contributed by atoms with Gasteiger partial charge >= 0.3 is 0 Å². The number of nitrogens with one attached hydrogen (secondary N) is 1. The third-order valence-corrected chi connectivity index (χ3v) is 7.53. The van der Waals surface area contributed by atoms with Crippen molar-refractivity contribution in [1.29, 1.82) is 5.26 Å². The molecule has 25 heavy (non-hydrogen) atoms. The van der Waals surface area contributed by atoms with Crippen LogP contribution in [0.25, 0.3) is 0 Å². The fraction of sp³-hybridized carbons (Fsp3) is 0.632. The quantitative estimate of drug-likeness (QED) is 0.864. The fourth-order valence-corrected chi connectivity index (χ4v) is 5.46. The minimum absolute atomic E-state index is 0.410. The second-order valence-electron chi connectivity index (χ2n) is 7.22. The van der Waals surface area contributed by atoms with E-state index in [0.29, 0.717) is 30.3 Å². The van der Waals surface area contributed by atoms with Crippen molar-refractivity contribution in [2.45, 2.75) is 49.3 Å². The highest BCUT2D eigenvalue weighted by Gasteiger charge is 2.30. The first-order chi connectivity index (χ1) is 12.1. The predicted molar refractivity (Wildman–Crippen MR) is 96.8 cm³/mol. The Morgan fingerprint density at radius 3 is 2.32 bits per heavy atom. The Balaban J connectivity index is 1.63. The van der Waals surface area contributed by atoms with Crippen molar-refractivity contribution < 1.29 is 13.3 Å². The van der Waals surface area contributed by atoms with Gasteiger partial charge in [-0.05, 0) is 36.5 Å². The second-order valence-corrected chi connectivity index (χ2v) is 9.15. The lowest BCUT2D eigenvalue weighted by Gasteiger charge is -2.31. The Bertz CT molecular complexity index is 695. The van der Waals surface area contributed by atoms with Gasteiger partial charge in [0, 0.05) is 0 Å². The van der Waals surface area contributed by atoms with E-state index >= 15 is 0 Å². The van der Waals surface area contributed by atoms with Crippen LogP contribution in [-0.4, -0.2) is 45.4 Å². The molecule has 1 aliphatic carbocycles. The van der Waals surface area contributed by atoms with Crippen molar-refractivity contribution >= 4 is 10.0 Å². The maximum absolute atomic E-state index is 12.9. The molecule has 6 heteroatoms. The summed E-state index contributed by atoms with van der Waals surface area (Å²) in [6, 6.07) is 9.76. The number of benzene rings is 1. The minimum Gasteiger partial charge on any atom is -0.332 e. The smallest absolute Gasteiger partial charge is 0.243 e. The summed E-state index contributed by atoms with van der Waals surface area (Å²) >= 11 is 0. The van der Waals surface area contributed by atoms with Crippen LogP contribution in [0.15, 0.2) is 29.2 Å². The molecule has 2 aliphatic rings. The molecule has 1 aromatic carbocycles. The van der Waals surface area contributed by atoms with Crippen LogP contribution in [0, 0.1) is 11.3 Å². The van der Waals surface area contributed by atoms with Crippen molar-refractivity contribution in [3.8, 4) is 6.07 Å². The van der Waals surface area contributed by atoms with E-state index in [2.05, 4.69) is 6.07 Å². The van der Waals surface area contributed by atoms with Gasteiger partial charge in [-0.3, -0.25) is 0 Å². The van der Waals surface area contributed by atoms with E-state index in [1.807, 2.05) is 12.1 Å². The van der Waals surface area contributed by atoms with Gasteiger partial charge in [0.2, 0.25) is 10.0 Å². The lowest BCUT2D eigenvalue weighted by Crippen LogP contribution is -3.14. The molecule has 0 radical (unpaired) electrons. The van der Waals surface area contributed by atoms with E-state index in [1.165, 1.54) is 42.6 Å². The van der Waals surface area contributed by atoms with Gasteiger partial charge in [-0.15, -0.1) is 0 Å². The van der Waals surface area contributed by atoms with Gasteiger partial charge in [0.25, 0.3) is 0 Å². The zero-order valence-electron chi connectivity index (χ0n) is 14.8. The Kier molecular flexibility index (Phi) is 6.10. The second kappa shape index (κ2) is 8.31. The van der Waals surface area contributed by atoms with Crippen LogP contribution in [0.3, 0.4) is 0 Å². The number of piperazine rings is 1. The fourth-order valence-electron chi connectivity index (χ4n) is 4.02. The Morgan fingerprint density at radius 1 is 1.08 bits per heavy atom. The molecule has 5 nitrogen and oxygen atoms in total. The van der Waals surface area contributed by atoms with E-state index in [9.17, 15) is 8.42 Å². The molecule has 1 saturated heterocycles. The molecule has 136 valence electrons. The van der Waals surface area contributed by atoms with E-state index in [0.717, 1.165) is 19.6 Å². The van der Waals surface area contributed by atoms with Crippen LogP contribution >= 0.6 is 0 Å². The van der Waals surface area contributed by atoms with E-state index < -0.39 is 10.0 Å². The average molecular weight is 363 g/mol. The predicted octanol–water partition coefficient (Wildman–Crippen LogP) is 1.54. The summed E-state index contributed by atoms with van der Waals surface area (Å²) in [5.41, 5.74) is 1.28. The largest absolute Gasteiger partial charge is 0.332 e. The summed E-state index contributed by atoms with van der Waals surface area (Å²) in [6.07, 6.45) is 6.86. The van der Waals surface area contributed by atoms with Crippen LogP contribution in [-0.2, 0) is 10.0 Å². The van der Waals surface area contributed by atoms with Crippen molar-refractivity contribution in [1.82, 2.24) is 4.31 Å². The Hall–Kier alpha value is -1.42. The normalized spacial score (nSPS) is 21.1. The summed E-state index contributed by atoms with van der Waals surface area (Å²) in [6.45, 7) is 3.43. The van der Waals surface area contributed by atoms with Gasteiger partial charge in [0.15, 0.2) is 0 Å². The van der Waals surface area contributed by atoms with E-state index in [-0.39, 0.29) is 0 Å². The highest BCUT2D eigenvalue weighted by atomic mass is 32.2. The molecule has 3 rings (SSSR count). The molecular formula is C19H28N3O2S+. The van der Waals surface area contributed by atoms with Gasteiger partial charge in [0.1, 0.15) is 0 Å². The molecule has 0 spiro atoms. The molecule has 1 aromatic rings. The third-order valence-electron chi connectivity index (χ3n) is 5.61. The summed E-state index contributed by atoms with van der Waals surface area (Å²) in [5, 5.41) is 8.67. The Morgan fingerprint density at radius 2 is 1.72 bits per heavy atom. The molecule has 1 N–H and O–H groups in total. The number of sulfonamides is 1. The summed E-state index contributed by atoms with van der Waals surface area (Å²) in [5.74, 6) is 0.595. The van der Waals surface area contributed by atoms with Crippen LogP contribution in [0.2, 0.25) is 0 Å². The molecule has 0 bridgehead atoms. The zero-order chi connectivity index (χ0) is 17.7. The van der Waals surface area contributed by atoms with Crippen molar-refractivity contribution in [3.05, 3.63) is 29.8 Å². The zero-order valence-corrected chi connectivity index (χ0v) is 15.6. The minimum atomic E-state index is -3.40. The van der Waals surface area contributed by atoms with Crippen LogP contribution in [0.4, 0.5) is 0 Å². The summed E-state index contributed by atoms with van der Waals surface area (Å²) in [4.78, 5) is 1.73. The molecule has 0 unspecified atom stereocenters. The number of rotatable bonds is 5. The molecule has 2 fully saturated rings. The van der Waals surface area contributed by atoms with Gasteiger partial charge in [0.05, 0.1) is 50.1 Å². The van der Waals surface area contributed by atoms with Crippen molar-refractivity contribution in [3.63, 3.8) is 0 Å². The molecular weight excluding hydrogens is 334 g/mol. The van der Waals surface area contributed by atoms with Gasteiger partial charge in [-0.2, -0.15) is 9.57 Å². The van der Waals surface area contributed by atoms with Gasteiger partial charge in [-0.1, -0.05) is 31.4 Å². The molecule has 0 amide bonds. The lowest BCUT2D eigenvalue weighted by molar-refractivity contribution is -0.903. The van der Waals surface area contributed by atoms with Crippen molar-refractivity contribution in [2.75, 3.05) is 32.7 Å². The maximum Gasteiger partial charge on any atom is 0.243 e. The number of hydrogen-bond donors (Lipinski definition) is 1. The van der Waals surface area contributed by atoms with Gasteiger partial charge < -0.3 is 4.90 Å². The van der Waals surface area contributed by atoms with Crippen LogP contribution in [0.5, 0.6) is 0 Å². The average Bonchev–Trinajstić information content (AvgIpc) is 2.67. The third kappa shape index (κ3) is 4.41. The maximum atomic E-state index is 12.9. The highest BCUT2D eigenvalue weighted by Crippen LogP contribution is 2.33. The number of nitriles is 1. The summed E-state index contributed by atoms with van der Waals surface area (Å²) in [7, 11) is -3.40. The first-order valence-corrected chi connectivity index (χ1v) is 10.9. The van der Waals surface area contributed by atoms with Crippen molar-refractivity contribution in [2.24, 2.45) is 0 Å². The van der Waals surface area contributed by atoms with Gasteiger partial charge in [-0.25, -0.2) is 8.42 Å². The molecule has 0 aromatic heterocycles. The number of nitrogens with zero attached hydrogens (tertiary/aromatic N) is 2. The monoisotopic (exact) mass is 362 g/mol. The van der Waals surface area contributed by atoms with Crippen LogP contribution in [0.1, 0.15) is 50.0 Å². The number of quaternary nitrogens is 1. The first kappa shape index (κ1) is 18.4. The molecule has 1 aliphatic heterocycles. The van der Waals surface area contributed by atoms with E-state index in [4.69, 9.17) is 5.26 Å². The van der Waals surface area contributed by atoms with Crippen LogP contribution < -0.4 is 4.90 Å². The first-order valence-electron chi connectivity index (χ1n) is 9.42. The topological polar surface area (TPSA) is 65.6 Å². The lowest BCUT2D eigenvalue weighted by atomic mass is 9.84. The standard InChI is InChI=1S/C19H27N3O2S/c20-11-4-12-21-13-15-22(16-14-21)25(23,24)19-9-7-18(8-10-19)17-5-2-1-3-6-17/h7-10,17H,1-6,12-16H2/p+1. The summed E-state index contributed by atoms with van der Waals surface area (Å²) < 4.78 is 27.3.